The van der Waals surface area contributed by atoms with Gasteiger partial charge in [0.1, 0.15) is 0 Å². The van der Waals surface area contributed by atoms with Crippen molar-refractivity contribution in [3.05, 3.63) is 0 Å². The van der Waals surface area contributed by atoms with E-state index in [-0.39, 0.29) is 92.6 Å². The molecule has 4 heteroatoms. The van der Waals surface area contributed by atoms with Crippen molar-refractivity contribution in [2.24, 2.45) is 0 Å². The predicted molar refractivity (Wildman–Crippen MR) is 5.75 cm³/mol. The molecule has 0 nitrogen and oxygen atoms in total. The Balaban J connectivity index is 0. The molecule has 16 valence electrons. The molecule has 0 saturated carbocycles. The van der Waals surface area contributed by atoms with Crippen LogP contribution in [0.3, 0.4) is 0 Å². The van der Waals surface area contributed by atoms with Gasteiger partial charge in [0.15, 0.2) is 0 Å². The van der Waals surface area contributed by atoms with E-state index in [0.29, 0.717) is 0 Å². The van der Waals surface area contributed by atoms with Crippen LogP contribution < -0.4 is 43.7 Å². The Labute approximate surface area is 90.5 Å². The third-order valence-electron chi connectivity index (χ3n) is 0. The molecule has 0 heterocycles. The maximum Gasteiger partial charge on any atom is 2.00 e. The molecule has 0 fully saturated rings. The van der Waals surface area contributed by atoms with Gasteiger partial charge >= 0.3 is 67.7 Å². The van der Waals surface area contributed by atoms with Crippen molar-refractivity contribution in [2.45, 2.75) is 0 Å². The van der Waals surface area contributed by atoms with Gasteiger partial charge in [0.05, 0.1) is 0 Å². The first-order chi connectivity index (χ1) is 0. The average Bonchev–Trinajstić information content (AvgIpc) is 0. The average molecular weight is 215 g/mol. The fraction of sp³-hybridized carbons (Fsp3) is 0. The number of rotatable bonds is 0. The molecule has 4 heavy (non-hydrogen) atoms. The zero-order chi connectivity index (χ0) is 0. The summed E-state index contributed by atoms with van der Waals surface area (Å²) in [6.45, 7) is 0. The zero-order valence-electron chi connectivity index (χ0n) is 2.46. The fourth-order valence-corrected chi connectivity index (χ4v) is 0. The van der Waals surface area contributed by atoms with E-state index in [2.05, 4.69) is 0 Å². The second-order valence-corrected chi connectivity index (χ2v) is 0. The molecule has 0 radical (unpaired) electrons. The maximum atomic E-state index is 0. The smallest absolute Gasteiger partial charge is 1.00 e. The summed E-state index contributed by atoms with van der Waals surface area (Å²) >= 11 is 0. The van der Waals surface area contributed by atoms with E-state index >= 15 is 0 Å². The molecule has 0 saturated heterocycles. The molecule has 0 N–H and O–H groups in total. The first-order valence-electron chi connectivity index (χ1n) is 0. The van der Waals surface area contributed by atoms with Crippen LogP contribution >= 0.6 is 0 Å². The van der Waals surface area contributed by atoms with E-state index in [1.807, 2.05) is 0 Å². The van der Waals surface area contributed by atoms with Gasteiger partial charge in [0, 0.05) is 0 Å². The summed E-state index contributed by atoms with van der Waals surface area (Å²) in [6, 6.07) is 0. The van der Waals surface area contributed by atoms with E-state index in [1.165, 1.54) is 0 Å². The van der Waals surface area contributed by atoms with Crippen LogP contribution in [0.5, 0.6) is 0 Å². The van der Waals surface area contributed by atoms with Crippen molar-refractivity contribution in [1.82, 2.24) is 0 Å². The Morgan fingerprint density at radius 2 is 0.750 bits per heavy atom. The van der Waals surface area contributed by atoms with Crippen LogP contribution in [0.15, 0.2) is 0 Å². The quantitative estimate of drug-likeness (QED) is 0.352. The van der Waals surface area contributed by atoms with Crippen LogP contribution in [0.25, 0.3) is 0 Å². The van der Waals surface area contributed by atoms with Crippen LogP contribution in [0, 0.1) is 0 Å². The van der Waals surface area contributed by atoms with Crippen LogP contribution in [-0.2, 0) is 0 Å². The molecule has 0 aromatic carbocycles. The van der Waals surface area contributed by atoms with E-state index < -0.39 is 0 Å². The third-order valence-corrected chi connectivity index (χ3v) is 0. The molecule has 0 unspecified atom stereocenters. The summed E-state index contributed by atoms with van der Waals surface area (Å²) in [6.07, 6.45) is 0. The van der Waals surface area contributed by atoms with E-state index in [4.69, 9.17) is 0 Å². The molecule has 0 bridgehead atoms. The van der Waals surface area contributed by atoms with Gasteiger partial charge in [-0.1, -0.05) is 0 Å². The zero-order valence-corrected chi connectivity index (χ0v) is 8.42. The Morgan fingerprint density at radius 1 is 0.750 bits per heavy atom. The van der Waals surface area contributed by atoms with Crippen LogP contribution in [0.4, 0.5) is 0 Å². The van der Waals surface area contributed by atoms with Gasteiger partial charge in [-0.15, -0.1) is 0 Å². The van der Waals surface area contributed by atoms with Gasteiger partial charge in [0.25, 0.3) is 0 Å². The Bertz CT molecular complexity index is 6.00. The van der Waals surface area contributed by atoms with Gasteiger partial charge in [-0.25, -0.2) is 0 Å². The number of halogens is 2. The van der Waals surface area contributed by atoms with Gasteiger partial charge in [0.2, 0.25) is 0 Å². The van der Waals surface area contributed by atoms with E-state index in [0.717, 1.165) is 0 Å². The SMILES string of the molecule is [Ba+2].[Cl-].[Cl-].[Li+]. The van der Waals surface area contributed by atoms with Crippen molar-refractivity contribution < 1.29 is 43.7 Å². The summed E-state index contributed by atoms with van der Waals surface area (Å²) in [4.78, 5) is 0. The monoisotopic (exact) mass is 215 g/mol. The molecule has 0 aliphatic heterocycles. The van der Waals surface area contributed by atoms with Crippen molar-refractivity contribution in [3.8, 4) is 0 Å². The molecule has 0 amide bonds. The second kappa shape index (κ2) is 17.2. The molecule has 0 aliphatic carbocycles. The number of hydrogen-bond donors (Lipinski definition) is 0. The minimum atomic E-state index is 0. The minimum absolute atomic E-state index is 0. The summed E-state index contributed by atoms with van der Waals surface area (Å²) in [7, 11) is 0. The summed E-state index contributed by atoms with van der Waals surface area (Å²) in [5.41, 5.74) is 0. The first kappa shape index (κ1) is 29.5. The van der Waals surface area contributed by atoms with Crippen molar-refractivity contribution in [2.75, 3.05) is 0 Å². The molecule has 0 rings (SSSR count). The molecular formula is BaCl2Li+. The second-order valence-electron chi connectivity index (χ2n) is 0. The molecule has 0 atom stereocenters. The van der Waals surface area contributed by atoms with E-state index in [9.17, 15) is 0 Å². The summed E-state index contributed by atoms with van der Waals surface area (Å²) in [5.74, 6) is 0. The van der Waals surface area contributed by atoms with Gasteiger partial charge in [-0.2, -0.15) is 0 Å². The molecule has 0 aromatic heterocycles. The van der Waals surface area contributed by atoms with Crippen molar-refractivity contribution in [3.63, 3.8) is 0 Å². The van der Waals surface area contributed by atoms with Gasteiger partial charge in [-0.05, 0) is 0 Å². The van der Waals surface area contributed by atoms with Crippen LogP contribution in [0.2, 0.25) is 0 Å². The van der Waals surface area contributed by atoms with Crippen molar-refractivity contribution >= 4 is 48.9 Å². The molecule has 0 aromatic rings. The van der Waals surface area contributed by atoms with Crippen LogP contribution in [-0.4, -0.2) is 48.9 Å². The standard InChI is InChI=1S/Ba.2ClH.Li/h;2*1H;/q+2;;;+1/p-2. The molecule has 0 aliphatic rings. The number of hydrogen-bond acceptors (Lipinski definition) is 0. The van der Waals surface area contributed by atoms with Gasteiger partial charge < -0.3 is 24.8 Å². The Hall–Kier alpha value is 2.75. The van der Waals surface area contributed by atoms with E-state index in [1.54, 1.807) is 0 Å². The maximum absolute atomic E-state index is 0. The van der Waals surface area contributed by atoms with Crippen LogP contribution in [0.1, 0.15) is 0 Å². The van der Waals surface area contributed by atoms with Gasteiger partial charge in [-0.3, -0.25) is 0 Å². The topological polar surface area (TPSA) is 0 Å². The Morgan fingerprint density at radius 3 is 0.750 bits per heavy atom. The summed E-state index contributed by atoms with van der Waals surface area (Å²) in [5, 5.41) is 0. The Kier molecular flexibility index (Phi) is 127. The minimum Gasteiger partial charge on any atom is -1.00 e. The fourth-order valence-electron chi connectivity index (χ4n) is 0. The van der Waals surface area contributed by atoms with Crippen molar-refractivity contribution in [1.29, 1.82) is 0 Å². The first-order valence-corrected chi connectivity index (χ1v) is 0. The molecule has 0 spiro atoms. The predicted octanol–water partition coefficient (Wildman–Crippen LogP) is -9.37. The largest absolute Gasteiger partial charge is 2.00 e. The molecular weight excluding hydrogens is 215 g/mol. The summed E-state index contributed by atoms with van der Waals surface area (Å²) < 4.78 is 0. The third kappa shape index (κ3) is 8.83. The normalized spacial score (nSPS) is 0.